The Kier molecular flexibility index (Phi) is 7.87. The molecule has 0 aliphatic rings. The van der Waals surface area contributed by atoms with Crippen molar-refractivity contribution in [2.24, 2.45) is 0 Å². The van der Waals surface area contributed by atoms with Crippen molar-refractivity contribution in [1.82, 2.24) is 0 Å². The van der Waals surface area contributed by atoms with Crippen LogP contribution in [0.5, 0.6) is 0 Å². The first-order valence-corrected chi connectivity index (χ1v) is 9.54. The molecule has 0 fully saturated rings. The third-order valence-electron chi connectivity index (χ3n) is 2.96. The fourth-order valence-corrected chi connectivity index (χ4v) is 2.80. The molecule has 1 N–H and O–H groups in total. The highest BCUT2D eigenvalue weighted by molar-refractivity contribution is 9.08. The van der Waals surface area contributed by atoms with E-state index >= 15 is 0 Å². The highest BCUT2D eigenvalue weighted by Crippen LogP contribution is 2.19. The van der Waals surface area contributed by atoms with Crippen molar-refractivity contribution in [2.45, 2.75) is 11.1 Å². The highest BCUT2D eigenvalue weighted by atomic mass is 79.9. The predicted molar refractivity (Wildman–Crippen MR) is 94.0 cm³/mol. The maximum atomic E-state index is 13.0. The predicted octanol–water partition coefficient (Wildman–Crippen LogP) is 3.75. The van der Waals surface area contributed by atoms with E-state index in [1.165, 1.54) is 6.07 Å². The molecule has 2 aromatic rings. The molecule has 0 spiro atoms. The van der Waals surface area contributed by atoms with Crippen LogP contribution in [0.25, 0.3) is 0 Å². The van der Waals surface area contributed by atoms with E-state index in [2.05, 4.69) is 15.9 Å². The Morgan fingerprint density at radius 1 is 0.926 bits per heavy atom. The summed E-state index contributed by atoms with van der Waals surface area (Å²) in [6.45, 7) is 0. The molecule has 27 heavy (non-hydrogen) atoms. The Hall–Kier alpha value is -2.51. The van der Waals surface area contributed by atoms with Gasteiger partial charge in [0, 0.05) is 40.7 Å². The first-order chi connectivity index (χ1) is 12.4. The van der Waals surface area contributed by atoms with E-state index in [0.717, 1.165) is 30.3 Å². The molecule has 0 heterocycles. The van der Waals surface area contributed by atoms with Crippen molar-refractivity contribution >= 4 is 37.4 Å². The van der Waals surface area contributed by atoms with Gasteiger partial charge < -0.3 is 0 Å². The molecule has 0 unspecified atom stereocenters. The van der Waals surface area contributed by atoms with Crippen molar-refractivity contribution < 1.29 is 31.6 Å². The van der Waals surface area contributed by atoms with Gasteiger partial charge in [0.05, 0.1) is 9.85 Å². The second-order valence-corrected chi connectivity index (χ2v) is 6.94. The van der Waals surface area contributed by atoms with Gasteiger partial charge in [-0.3, -0.25) is 24.8 Å². The second-order valence-electron chi connectivity index (χ2n) is 4.93. The van der Waals surface area contributed by atoms with Crippen molar-refractivity contribution in [2.75, 3.05) is 0 Å². The summed E-state index contributed by atoms with van der Waals surface area (Å²) in [6.07, 6.45) is 0. The standard InChI is InChI=1S/C7H5BrFNO2.C7H6FNO5S/c8-4-5-3-6(10(11)12)1-2-7(5)9;8-7-2-1-6(9(10)11)3-5(7)4-15(12,13)14/h1-3H,4H2;1-3H,4H2,(H,12,13,14). The quantitative estimate of drug-likeness (QED) is 0.304. The number of halogens is 3. The van der Waals surface area contributed by atoms with Crippen molar-refractivity contribution in [3.8, 4) is 0 Å². The van der Waals surface area contributed by atoms with E-state index in [1.54, 1.807) is 0 Å². The molecular weight excluding hydrogens is 458 g/mol. The van der Waals surface area contributed by atoms with Crippen LogP contribution in [0.1, 0.15) is 11.1 Å². The van der Waals surface area contributed by atoms with Crippen molar-refractivity contribution in [3.05, 3.63) is 79.4 Å². The van der Waals surface area contributed by atoms with Crippen LogP contribution in [0.15, 0.2) is 36.4 Å². The zero-order chi connectivity index (χ0) is 20.8. The number of nitrogens with zero attached hydrogens (tertiary/aromatic N) is 2. The normalized spacial score (nSPS) is 10.7. The molecule has 146 valence electrons. The van der Waals surface area contributed by atoms with Gasteiger partial charge in [0.25, 0.3) is 21.5 Å². The summed E-state index contributed by atoms with van der Waals surface area (Å²) in [5.41, 5.74) is -0.670. The van der Waals surface area contributed by atoms with E-state index in [4.69, 9.17) is 4.55 Å². The molecule has 0 atom stereocenters. The van der Waals surface area contributed by atoms with Crippen LogP contribution >= 0.6 is 15.9 Å². The number of alkyl halides is 1. The number of hydrogen-bond acceptors (Lipinski definition) is 6. The van der Waals surface area contributed by atoms with E-state index in [1.807, 2.05) is 0 Å². The average molecular weight is 469 g/mol. The molecule has 2 rings (SSSR count). The molecule has 13 heteroatoms. The Morgan fingerprint density at radius 3 is 1.70 bits per heavy atom. The summed E-state index contributed by atoms with van der Waals surface area (Å²) in [6, 6.07) is 5.89. The minimum Gasteiger partial charge on any atom is -0.285 e. The fraction of sp³-hybridized carbons (Fsp3) is 0.143. The number of rotatable bonds is 5. The smallest absolute Gasteiger partial charge is 0.269 e. The minimum absolute atomic E-state index is 0.0918. The molecule has 0 aliphatic carbocycles. The third kappa shape index (κ3) is 7.32. The van der Waals surface area contributed by atoms with Gasteiger partial charge in [0.15, 0.2) is 0 Å². The molecule has 2 aromatic carbocycles. The lowest BCUT2D eigenvalue weighted by atomic mass is 10.2. The van der Waals surface area contributed by atoms with Crippen LogP contribution in [0.4, 0.5) is 20.2 Å². The molecule has 0 aliphatic heterocycles. The highest BCUT2D eigenvalue weighted by Gasteiger charge is 2.15. The van der Waals surface area contributed by atoms with Crippen LogP contribution < -0.4 is 0 Å². The molecule has 0 aromatic heterocycles. The van der Waals surface area contributed by atoms with Gasteiger partial charge in [-0.2, -0.15) is 8.42 Å². The van der Waals surface area contributed by atoms with Crippen LogP contribution in [0, 0.1) is 31.9 Å². The van der Waals surface area contributed by atoms with Gasteiger partial charge >= 0.3 is 0 Å². The maximum Gasteiger partial charge on any atom is 0.269 e. The first-order valence-electron chi connectivity index (χ1n) is 6.81. The Labute approximate surface area is 159 Å². The van der Waals surface area contributed by atoms with Crippen molar-refractivity contribution in [1.29, 1.82) is 0 Å². The molecule has 0 amide bonds. The monoisotopic (exact) mass is 468 g/mol. The largest absolute Gasteiger partial charge is 0.285 e. The second kappa shape index (κ2) is 9.43. The Balaban J connectivity index is 0.000000277. The topological polar surface area (TPSA) is 141 Å². The van der Waals surface area contributed by atoms with Gasteiger partial charge in [0.1, 0.15) is 17.4 Å². The zero-order valence-electron chi connectivity index (χ0n) is 13.2. The van der Waals surface area contributed by atoms with Gasteiger partial charge in [-0.05, 0) is 12.1 Å². The molecule has 0 radical (unpaired) electrons. The number of hydrogen-bond donors (Lipinski definition) is 1. The van der Waals surface area contributed by atoms with E-state index in [9.17, 15) is 37.4 Å². The Bertz CT molecular complexity index is 970. The SMILES string of the molecule is O=[N+]([O-])c1ccc(F)c(CBr)c1.O=[N+]([O-])c1ccc(F)c(CS(=O)(=O)O)c1. The summed E-state index contributed by atoms with van der Waals surface area (Å²) < 4.78 is 55.1. The summed E-state index contributed by atoms with van der Waals surface area (Å²) in [5.74, 6) is -2.34. The number of nitro benzene ring substituents is 2. The van der Waals surface area contributed by atoms with E-state index in [0.29, 0.717) is 5.56 Å². The first kappa shape index (κ1) is 22.5. The lowest BCUT2D eigenvalue weighted by molar-refractivity contribution is -0.385. The third-order valence-corrected chi connectivity index (χ3v) is 4.24. The average Bonchev–Trinajstić information content (AvgIpc) is 2.56. The number of nitro groups is 2. The van der Waals surface area contributed by atoms with Crippen LogP contribution in [-0.4, -0.2) is 22.8 Å². The van der Waals surface area contributed by atoms with Gasteiger partial charge in [0.2, 0.25) is 0 Å². The fourth-order valence-electron chi connectivity index (χ4n) is 1.76. The zero-order valence-corrected chi connectivity index (χ0v) is 15.6. The lowest BCUT2D eigenvalue weighted by Crippen LogP contribution is -2.04. The van der Waals surface area contributed by atoms with Gasteiger partial charge in [-0.15, -0.1) is 0 Å². The van der Waals surface area contributed by atoms with E-state index < -0.39 is 48.6 Å². The summed E-state index contributed by atoms with van der Waals surface area (Å²) in [4.78, 5) is 19.2. The molecule has 0 bridgehead atoms. The summed E-state index contributed by atoms with van der Waals surface area (Å²) >= 11 is 3.03. The lowest BCUT2D eigenvalue weighted by Gasteiger charge is -2.00. The van der Waals surface area contributed by atoms with Gasteiger partial charge in [-0.25, -0.2) is 8.78 Å². The van der Waals surface area contributed by atoms with Gasteiger partial charge in [-0.1, -0.05) is 15.9 Å². The summed E-state index contributed by atoms with van der Waals surface area (Å²) in [7, 11) is -4.40. The van der Waals surface area contributed by atoms with Crippen LogP contribution in [-0.2, 0) is 21.2 Å². The maximum absolute atomic E-state index is 13.0. The molecule has 0 saturated heterocycles. The Morgan fingerprint density at radius 2 is 1.33 bits per heavy atom. The van der Waals surface area contributed by atoms with Crippen molar-refractivity contribution in [3.63, 3.8) is 0 Å². The molecular formula is C14H11BrF2N2O7S. The minimum atomic E-state index is -4.40. The van der Waals surface area contributed by atoms with E-state index in [-0.39, 0.29) is 11.0 Å². The number of benzene rings is 2. The molecule has 0 saturated carbocycles. The molecule has 9 nitrogen and oxygen atoms in total. The number of non-ortho nitro benzene ring substituents is 2. The summed E-state index contributed by atoms with van der Waals surface area (Å²) in [5, 5.41) is 20.8. The van der Waals surface area contributed by atoms with Crippen LogP contribution in [0.3, 0.4) is 0 Å². The van der Waals surface area contributed by atoms with Crippen LogP contribution in [0.2, 0.25) is 0 Å².